The van der Waals surface area contributed by atoms with Gasteiger partial charge in [-0.3, -0.25) is 5.10 Å². The Balaban J connectivity index is 3.00. The van der Waals surface area contributed by atoms with E-state index in [2.05, 4.69) is 10.2 Å². The number of ether oxygens (including phenoxy) is 1. The SMILES string of the molecule is COc1n[nH]c(N(C)C)c1N. The Morgan fingerprint density at radius 3 is 2.45 bits per heavy atom. The number of methoxy groups -OCH3 is 1. The highest BCUT2D eigenvalue weighted by Crippen LogP contribution is 2.26. The van der Waals surface area contributed by atoms with Gasteiger partial charge in [0.25, 0.3) is 5.88 Å². The van der Waals surface area contributed by atoms with Crippen molar-refractivity contribution in [2.24, 2.45) is 0 Å². The van der Waals surface area contributed by atoms with Crippen molar-refractivity contribution in [1.29, 1.82) is 0 Å². The lowest BCUT2D eigenvalue weighted by Gasteiger charge is -2.08. The van der Waals surface area contributed by atoms with Crippen molar-refractivity contribution in [1.82, 2.24) is 10.2 Å². The van der Waals surface area contributed by atoms with Crippen molar-refractivity contribution in [3.8, 4) is 5.88 Å². The van der Waals surface area contributed by atoms with Crippen LogP contribution in [0.15, 0.2) is 0 Å². The number of H-pyrrole nitrogens is 1. The summed E-state index contributed by atoms with van der Waals surface area (Å²) >= 11 is 0. The molecule has 0 saturated heterocycles. The summed E-state index contributed by atoms with van der Waals surface area (Å²) < 4.78 is 4.88. The molecule has 0 bridgehead atoms. The van der Waals surface area contributed by atoms with Gasteiger partial charge in [-0.1, -0.05) is 0 Å². The van der Waals surface area contributed by atoms with E-state index >= 15 is 0 Å². The monoisotopic (exact) mass is 156 g/mol. The van der Waals surface area contributed by atoms with Gasteiger partial charge in [-0.25, -0.2) is 0 Å². The fraction of sp³-hybridized carbons (Fsp3) is 0.500. The molecule has 1 aromatic heterocycles. The molecule has 0 atom stereocenters. The molecule has 5 nitrogen and oxygen atoms in total. The fourth-order valence-electron chi connectivity index (χ4n) is 0.822. The lowest BCUT2D eigenvalue weighted by atomic mass is 10.5. The van der Waals surface area contributed by atoms with Crippen LogP contribution in [0.25, 0.3) is 0 Å². The molecule has 0 spiro atoms. The molecule has 0 fully saturated rings. The first kappa shape index (κ1) is 7.71. The standard InChI is InChI=1S/C6H12N4O/c1-10(2)5-4(7)6(11-3)9-8-5/h7H2,1-3H3,(H,8,9). The smallest absolute Gasteiger partial charge is 0.258 e. The van der Waals surface area contributed by atoms with Gasteiger partial charge < -0.3 is 15.4 Å². The molecular formula is C6H12N4O. The second-order valence-corrected chi connectivity index (χ2v) is 2.39. The highest BCUT2D eigenvalue weighted by molar-refractivity contribution is 5.67. The summed E-state index contributed by atoms with van der Waals surface area (Å²) in [6.07, 6.45) is 0. The predicted octanol–water partition coefficient (Wildman–Crippen LogP) is 0.0665. The minimum absolute atomic E-state index is 0.439. The molecule has 0 saturated carbocycles. The summed E-state index contributed by atoms with van der Waals surface area (Å²) in [5.41, 5.74) is 6.19. The number of aromatic amines is 1. The van der Waals surface area contributed by atoms with E-state index in [9.17, 15) is 0 Å². The Labute approximate surface area is 65.1 Å². The second kappa shape index (κ2) is 2.69. The van der Waals surface area contributed by atoms with Crippen LogP contribution in [0.2, 0.25) is 0 Å². The molecule has 1 heterocycles. The highest BCUT2D eigenvalue weighted by atomic mass is 16.5. The molecule has 0 unspecified atom stereocenters. The van der Waals surface area contributed by atoms with Crippen LogP contribution in [-0.4, -0.2) is 31.4 Å². The third-order valence-corrected chi connectivity index (χ3v) is 1.39. The Bertz CT molecular complexity index is 243. The Morgan fingerprint density at radius 1 is 1.55 bits per heavy atom. The van der Waals surface area contributed by atoms with Gasteiger partial charge >= 0.3 is 0 Å². The number of hydrogen-bond acceptors (Lipinski definition) is 4. The maximum atomic E-state index is 5.65. The van der Waals surface area contributed by atoms with Gasteiger partial charge in [-0.2, -0.15) is 0 Å². The van der Waals surface area contributed by atoms with Gasteiger partial charge in [-0.15, -0.1) is 5.10 Å². The van der Waals surface area contributed by atoms with E-state index in [0.29, 0.717) is 11.6 Å². The lowest BCUT2D eigenvalue weighted by molar-refractivity contribution is 0.399. The largest absolute Gasteiger partial charge is 0.478 e. The van der Waals surface area contributed by atoms with E-state index in [1.165, 1.54) is 7.11 Å². The number of nitrogen functional groups attached to an aromatic ring is 1. The van der Waals surface area contributed by atoms with Gasteiger partial charge in [0, 0.05) is 14.1 Å². The van der Waals surface area contributed by atoms with Crippen molar-refractivity contribution in [3.63, 3.8) is 0 Å². The van der Waals surface area contributed by atoms with Gasteiger partial charge in [0.2, 0.25) is 0 Å². The van der Waals surface area contributed by atoms with Crippen LogP contribution in [0.3, 0.4) is 0 Å². The zero-order valence-corrected chi connectivity index (χ0v) is 6.88. The Morgan fingerprint density at radius 2 is 2.18 bits per heavy atom. The van der Waals surface area contributed by atoms with E-state index in [-0.39, 0.29) is 0 Å². The summed E-state index contributed by atoms with van der Waals surface area (Å²) in [5.74, 6) is 1.20. The van der Waals surface area contributed by atoms with Gasteiger partial charge in [0.15, 0.2) is 5.82 Å². The van der Waals surface area contributed by atoms with Gasteiger partial charge in [0.1, 0.15) is 5.69 Å². The number of rotatable bonds is 2. The number of nitrogens with two attached hydrogens (primary N) is 1. The average molecular weight is 156 g/mol. The van der Waals surface area contributed by atoms with Crippen molar-refractivity contribution in [2.45, 2.75) is 0 Å². The summed E-state index contributed by atoms with van der Waals surface area (Å²) in [6, 6.07) is 0. The molecule has 62 valence electrons. The van der Waals surface area contributed by atoms with Gasteiger partial charge in [0.05, 0.1) is 7.11 Å². The summed E-state index contributed by atoms with van der Waals surface area (Å²) in [4.78, 5) is 1.84. The van der Waals surface area contributed by atoms with E-state index in [4.69, 9.17) is 10.5 Å². The summed E-state index contributed by atoms with van der Waals surface area (Å²) in [5, 5.41) is 6.59. The minimum atomic E-state index is 0.439. The Hall–Kier alpha value is -1.39. The van der Waals surface area contributed by atoms with Crippen molar-refractivity contribution in [2.75, 3.05) is 31.8 Å². The molecule has 0 aromatic carbocycles. The third kappa shape index (κ3) is 1.21. The molecule has 5 heteroatoms. The van der Waals surface area contributed by atoms with Crippen molar-refractivity contribution in [3.05, 3.63) is 0 Å². The molecule has 3 N–H and O–H groups in total. The highest BCUT2D eigenvalue weighted by Gasteiger charge is 2.10. The van der Waals surface area contributed by atoms with Crippen LogP contribution < -0.4 is 15.4 Å². The lowest BCUT2D eigenvalue weighted by Crippen LogP contribution is -2.10. The first-order chi connectivity index (χ1) is 5.16. The van der Waals surface area contributed by atoms with Crippen LogP contribution in [0.4, 0.5) is 11.5 Å². The van der Waals surface area contributed by atoms with Crippen LogP contribution in [0, 0.1) is 0 Å². The second-order valence-electron chi connectivity index (χ2n) is 2.39. The molecule has 0 aliphatic carbocycles. The van der Waals surface area contributed by atoms with Crippen LogP contribution in [0.1, 0.15) is 0 Å². The van der Waals surface area contributed by atoms with Crippen LogP contribution in [-0.2, 0) is 0 Å². The van der Waals surface area contributed by atoms with E-state index < -0.39 is 0 Å². The van der Waals surface area contributed by atoms with E-state index in [1.54, 1.807) is 0 Å². The number of nitrogens with one attached hydrogen (secondary N) is 1. The topological polar surface area (TPSA) is 67.2 Å². The molecule has 0 amide bonds. The molecule has 0 aliphatic heterocycles. The quantitative estimate of drug-likeness (QED) is 0.635. The fourth-order valence-corrected chi connectivity index (χ4v) is 0.822. The number of hydrogen-bond donors (Lipinski definition) is 2. The third-order valence-electron chi connectivity index (χ3n) is 1.39. The molecule has 1 rings (SSSR count). The number of aromatic nitrogens is 2. The molecule has 11 heavy (non-hydrogen) atoms. The van der Waals surface area contributed by atoms with Crippen LogP contribution in [0.5, 0.6) is 5.88 Å². The summed E-state index contributed by atoms with van der Waals surface area (Å²) in [6.45, 7) is 0. The zero-order chi connectivity index (χ0) is 8.43. The average Bonchev–Trinajstić information content (AvgIpc) is 2.30. The summed E-state index contributed by atoms with van der Waals surface area (Å²) in [7, 11) is 5.29. The first-order valence-electron chi connectivity index (χ1n) is 3.22. The maximum Gasteiger partial charge on any atom is 0.258 e. The van der Waals surface area contributed by atoms with Crippen LogP contribution >= 0.6 is 0 Å². The Kier molecular flexibility index (Phi) is 1.89. The normalized spacial score (nSPS) is 9.73. The van der Waals surface area contributed by atoms with E-state index in [1.807, 2.05) is 19.0 Å². The number of anilines is 2. The van der Waals surface area contributed by atoms with Crippen molar-refractivity contribution >= 4 is 11.5 Å². The molecular weight excluding hydrogens is 144 g/mol. The van der Waals surface area contributed by atoms with Crippen molar-refractivity contribution < 1.29 is 4.74 Å². The number of nitrogens with zero attached hydrogens (tertiary/aromatic N) is 2. The zero-order valence-electron chi connectivity index (χ0n) is 6.88. The molecule has 1 aromatic rings. The van der Waals surface area contributed by atoms with E-state index in [0.717, 1.165) is 5.82 Å². The predicted molar refractivity (Wildman–Crippen MR) is 43.9 cm³/mol. The van der Waals surface area contributed by atoms with Gasteiger partial charge in [-0.05, 0) is 0 Å². The minimum Gasteiger partial charge on any atom is -0.478 e. The maximum absolute atomic E-state index is 5.65. The molecule has 0 aliphatic rings. The molecule has 0 radical (unpaired) electrons. The first-order valence-corrected chi connectivity index (χ1v) is 3.22.